The number of rotatable bonds is 10. The van der Waals surface area contributed by atoms with Gasteiger partial charge in [0.15, 0.2) is 0 Å². The van der Waals surface area contributed by atoms with Crippen LogP contribution >= 0.6 is 11.8 Å². The van der Waals surface area contributed by atoms with Crippen molar-refractivity contribution in [2.24, 2.45) is 17.8 Å². The summed E-state index contributed by atoms with van der Waals surface area (Å²) in [5, 5.41) is 19.2. The largest absolute Gasteiger partial charge is 0.478 e. The molecular weight excluding hydrogens is 348 g/mol. The predicted octanol–water partition coefficient (Wildman–Crippen LogP) is 4.27. The van der Waals surface area contributed by atoms with Gasteiger partial charge in [-0.3, -0.25) is 0 Å². The Morgan fingerprint density at radius 1 is 1.08 bits per heavy atom. The molecule has 5 unspecified atom stereocenters. The Kier molecular flexibility index (Phi) is 7.89. The van der Waals surface area contributed by atoms with Crippen LogP contribution in [0.25, 0.3) is 0 Å². The Morgan fingerprint density at radius 2 is 1.77 bits per heavy atom. The second-order valence-electron chi connectivity index (χ2n) is 8.27. The maximum absolute atomic E-state index is 10.6. The van der Waals surface area contributed by atoms with Gasteiger partial charge in [0, 0.05) is 11.8 Å². The normalized spacial score (nSPS) is 33.1. The van der Waals surface area contributed by atoms with Crippen molar-refractivity contribution in [1.82, 2.24) is 0 Å². The Balaban J connectivity index is 1.41. The summed E-state index contributed by atoms with van der Waals surface area (Å²) >= 11 is 1.80. The average Bonchev–Trinajstić information content (AvgIpc) is 3.24. The minimum atomic E-state index is -0.872. The molecule has 2 bridgehead atoms. The lowest BCUT2D eigenvalue weighted by Gasteiger charge is -2.31. The average molecular weight is 383 g/mol. The van der Waals surface area contributed by atoms with E-state index in [2.05, 4.69) is 0 Å². The van der Waals surface area contributed by atoms with Crippen LogP contribution in [0.1, 0.15) is 64.2 Å². The van der Waals surface area contributed by atoms with Crippen molar-refractivity contribution < 1.29 is 19.7 Å². The van der Waals surface area contributed by atoms with Crippen molar-refractivity contribution in [3.63, 3.8) is 0 Å². The lowest BCUT2D eigenvalue weighted by molar-refractivity contribution is -0.131. The van der Waals surface area contributed by atoms with Gasteiger partial charge in [-0.25, -0.2) is 4.79 Å². The number of fused-ring (bicyclic) bond motifs is 2. The number of ether oxygens (including phenoxy) is 1. The van der Waals surface area contributed by atoms with Gasteiger partial charge >= 0.3 is 5.97 Å². The number of carboxylic acid groups (broad SMARTS) is 1. The summed E-state index contributed by atoms with van der Waals surface area (Å²) in [6.07, 6.45) is 15.6. The highest BCUT2D eigenvalue weighted by Crippen LogP contribution is 2.47. The van der Waals surface area contributed by atoms with E-state index in [1.807, 2.05) is 0 Å². The standard InChI is InChI=1S/C21H34O4S/c22-18(15-5-2-1-3-6-15)9-8-16-17(20-11-10-19(16)25-20)12-14-26-13-4-7-21(23)24/h4,7,15-20,22H,1-3,5-6,8-14H2,(H,23,24). The summed E-state index contributed by atoms with van der Waals surface area (Å²) in [6, 6.07) is 0. The van der Waals surface area contributed by atoms with Crippen LogP contribution in [-0.2, 0) is 9.53 Å². The molecule has 2 saturated heterocycles. The van der Waals surface area contributed by atoms with Crippen LogP contribution in [0.2, 0.25) is 0 Å². The zero-order valence-corrected chi connectivity index (χ0v) is 16.5. The van der Waals surface area contributed by atoms with E-state index in [0.717, 1.165) is 30.8 Å². The van der Waals surface area contributed by atoms with Crippen molar-refractivity contribution in [2.75, 3.05) is 11.5 Å². The molecule has 0 spiro atoms. The number of carboxylic acids is 1. The fourth-order valence-corrected chi connectivity index (χ4v) is 6.15. The fraction of sp³-hybridized carbons (Fsp3) is 0.857. The van der Waals surface area contributed by atoms with Crippen LogP contribution in [-0.4, -0.2) is 46.0 Å². The first-order chi connectivity index (χ1) is 12.6. The molecule has 0 aromatic rings. The zero-order valence-electron chi connectivity index (χ0n) is 15.7. The maximum atomic E-state index is 10.6. The molecule has 0 radical (unpaired) electrons. The van der Waals surface area contributed by atoms with Crippen molar-refractivity contribution in [3.8, 4) is 0 Å². The molecule has 3 rings (SSSR count). The molecule has 4 nitrogen and oxygen atoms in total. The fourth-order valence-electron chi connectivity index (χ4n) is 5.31. The maximum Gasteiger partial charge on any atom is 0.328 e. The van der Waals surface area contributed by atoms with Gasteiger partial charge < -0.3 is 14.9 Å². The van der Waals surface area contributed by atoms with Crippen LogP contribution in [0.5, 0.6) is 0 Å². The number of hydrogen-bond donors (Lipinski definition) is 2. The first-order valence-electron chi connectivity index (χ1n) is 10.5. The van der Waals surface area contributed by atoms with Crippen LogP contribution in [0.4, 0.5) is 0 Å². The van der Waals surface area contributed by atoms with Crippen molar-refractivity contribution in [3.05, 3.63) is 12.2 Å². The van der Waals surface area contributed by atoms with E-state index >= 15 is 0 Å². The summed E-state index contributed by atoms with van der Waals surface area (Å²) in [4.78, 5) is 10.5. The quantitative estimate of drug-likeness (QED) is 0.436. The molecule has 3 fully saturated rings. The molecule has 2 heterocycles. The Labute approximate surface area is 161 Å². The number of carbonyl (C=O) groups is 1. The summed E-state index contributed by atoms with van der Waals surface area (Å²) in [6.45, 7) is 0. The summed E-state index contributed by atoms with van der Waals surface area (Å²) < 4.78 is 6.20. The monoisotopic (exact) mass is 382 g/mol. The molecule has 1 saturated carbocycles. The van der Waals surface area contributed by atoms with E-state index in [0.29, 0.717) is 30.0 Å². The van der Waals surface area contributed by atoms with Gasteiger partial charge in [-0.05, 0) is 68.5 Å². The molecule has 0 aromatic heterocycles. The minimum absolute atomic E-state index is 0.120. The van der Waals surface area contributed by atoms with Crippen molar-refractivity contribution >= 4 is 17.7 Å². The molecular formula is C21H34O4S. The van der Waals surface area contributed by atoms with Crippen LogP contribution in [0.3, 0.4) is 0 Å². The van der Waals surface area contributed by atoms with E-state index in [9.17, 15) is 9.90 Å². The van der Waals surface area contributed by atoms with Crippen LogP contribution in [0.15, 0.2) is 12.2 Å². The number of hydrogen-bond acceptors (Lipinski definition) is 4. The molecule has 2 N–H and O–H groups in total. The predicted molar refractivity (Wildman–Crippen MR) is 105 cm³/mol. The molecule has 26 heavy (non-hydrogen) atoms. The Bertz CT molecular complexity index is 475. The highest BCUT2D eigenvalue weighted by atomic mass is 32.2. The highest BCUT2D eigenvalue weighted by Gasteiger charge is 2.48. The Hall–Kier alpha value is -0.520. The van der Waals surface area contributed by atoms with E-state index in [1.54, 1.807) is 17.8 Å². The van der Waals surface area contributed by atoms with E-state index in [4.69, 9.17) is 9.84 Å². The molecule has 148 valence electrons. The lowest BCUT2D eigenvalue weighted by Crippen LogP contribution is -2.30. The van der Waals surface area contributed by atoms with Gasteiger partial charge in [-0.1, -0.05) is 25.3 Å². The third-order valence-electron chi connectivity index (χ3n) is 6.65. The third kappa shape index (κ3) is 5.49. The third-order valence-corrected chi connectivity index (χ3v) is 7.60. The van der Waals surface area contributed by atoms with Crippen LogP contribution < -0.4 is 0 Å². The molecule has 0 amide bonds. The van der Waals surface area contributed by atoms with Crippen molar-refractivity contribution in [2.45, 2.75) is 82.5 Å². The SMILES string of the molecule is O=C(O)C=CCSCCC1C2CCC(O2)C1CCC(O)C1CCCCC1. The molecule has 0 aromatic carbocycles. The second-order valence-corrected chi connectivity index (χ2v) is 9.41. The van der Waals surface area contributed by atoms with E-state index in [1.165, 1.54) is 51.0 Å². The molecule has 5 atom stereocenters. The minimum Gasteiger partial charge on any atom is -0.478 e. The van der Waals surface area contributed by atoms with E-state index in [-0.39, 0.29) is 6.10 Å². The summed E-state index contributed by atoms with van der Waals surface area (Å²) in [7, 11) is 0. The number of aliphatic hydroxyl groups is 1. The molecule has 3 aliphatic rings. The van der Waals surface area contributed by atoms with Gasteiger partial charge in [0.25, 0.3) is 0 Å². The van der Waals surface area contributed by atoms with Gasteiger partial charge in [0.1, 0.15) is 0 Å². The summed E-state index contributed by atoms with van der Waals surface area (Å²) in [5.74, 6) is 2.72. The molecule has 2 aliphatic heterocycles. The number of thioether (sulfide) groups is 1. The van der Waals surface area contributed by atoms with E-state index < -0.39 is 5.97 Å². The topological polar surface area (TPSA) is 66.8 Å². The smallest absolute Gasteiger partial charge is 0.328 e. The van der Waals surface area contributed by atoms with Gasteiger partial charge in [0.05, 0.1) is 18.3 Å². The lowest BCUT2D eigenvalue weighted by atomic mass is 9.74. The summed E-state index contributed by atoms with van der Waals surface area (Å²) in [5.41, 5.74) is 0. The Morgan fingerprint density at radius 3 is 2.46 bits per heavy atom. The molecule has 1 aliphatic carbocycles. The van der Waals surface area contributed by atoms with Gasteiger partial charge in [0.2, 0.25) is 0 Å². The van der Waals surface area contributed by atoms with Crippen molar-refractivity contribution in [1.29, 1.82) is 0 Å². The zero-order chi connectivity index (χ0) is 18.4. The van der Waals surface area contributed by atoms with Gasteiger partial charge in [-0.15, -0.1) is 0 Å². The van der Waals surface area contributed by atoms with Crippen LogP contribution in [0, 0.1) is 17.8 Å². The van der Waals surface area contributed by atoms with Gasteiger partial charge in [-0.2, -0.15) is 11.8 Å². The first kappa shape index (κ1) is 20.2. The molecule has 5 heteroatoms. The number of aliphatic hydroxyl groups excluding tert-OH is 1. The second kappa shape index (κ2) is 10.1. The number of aliphatic carboxylic acids is 1. The highest BCUT2D eigenvalue weighted by molar-refractivity contribution is 7.99. The first-order valence-corrected chi connectivity index (χ1v) is 11.6.